The molecule has 53 heavy (non-hydrogen) atoms. The number of carbonyl (C=O) groups is 2. The van der Waals surface area contributed by atoms with Crippen molar-refractivity contribution in [2.45, 2.75) is 99.7 Å². The van der Waals surface area contributed by atoms with Gasteiger partial charge in [0.05, 0.1) is 15.2 Å². The standard InChI is InChI=1S/C39H48N2O10S2/c1-38(2)30-26-28(52(46,47)48)20-22-32(30)40(24-14-8-12-18-36(42)43)34(38)16-10-6-5-7-11-17-35-39(3,4)31-27-29(53(49,50)51)21-23-33(31)41(35)25-15-9-13-19-37(44)45/h5-7,10-11,16-17,20-23,26-27H,8-9,12-15,18-19,24-25H2,1-4H3,(H3-,42,43,44,45,46,47,48,49,50,51). The number of aliphatic carboxylic acids is 2. The normalized spacial score (nSPS) is 17.5. The summed E-state index contributed by atoms with van der Waals surface area (Å²) in [5.74, 6) is -1.68. The molecule has 0 atom stereocenters. The number of fused-ring (bicyclic) bond motifs is 2. The maximum Gasteiger partial charge on any atom is 0.303 e. The molecule has 0 saturated carbocycles. The van der Waals surface area contributed by atoms with Gasteiger partial charge >= 0.3 is 11.9 Å². The maximum absolute atomic E-state index is 11.9. The SMILES string of the molecule is CC1(C)C(=C/C=C/C=C/C=C/C2=[N+](CCCCCC(=O)O)c3ccc(S(=O)(=O)[O-])cc3C2(C)C)N(CCCCCC(=O)O)c2ccc(S(=O)(=O)O)cc21. The summed E-state index contributed by atoms with van der Waals surface area (Å²) in [6.45, 7) is 9.06. The fraction of sp³-hybridized carbons (Fsp3) is 0.410. The molecule has 0 bridgehead atoms. The van der Waals surface area contributed by atoms with Crippen LogP contribution in [-0.4, -0.2) is 71.5 Å². The monoisotopic (exact) mass is 768 g/mol. The number of benzene rings is 2. The van der Waals surface area contributed by atoms with Gasteiger partial charge in [0.25, 0.3) is 10.1 Å². The van der Waals surface area contributed by atoms with E-state index < -0.39 is 43.0 Å². The van der Waals surface area contributed by atoms with Gasteiger partial charge in [0, 0.05) is 60.3 Å². The lowest BCUT2D eigenvalue weighted by molar-refractivity contribution is -0.438. The third kappa shape index (κ3) is 9.99. The number of carboxylic acids is 2. The van der Waals surface area contributed by atoms with E-state index in [9.17, 15) is 35.5 Å². The summed E-state index contributed by atoms with van der Waals surface area (Å²) in [7, 11) is -9.06. The molecule has 2 aliphatic heterocycles. The molecular formula is C39H48N2O10S2. The van der Waals surface area contributed by atoms with Gasteiger partial charge in [-0.05, 0) is 81.5 Å². The molecule has 14 heteroatoms. The van der Waals surface area contributed by atoms with Crippen molar-refractivity contribution in [3.8, 4) is 0 Å². The molecule has 286 valence electrons. The van der Waals surface area contributed by atoms with Gasteiger partial charge in [0.2, 0.25) is 5.69 Å². The highest BCUT2D eigenvalue weighted by atomic mass is 32.2. The number of hydrogen-bond donors (Lipinski definition) is 3. The Balaban J connectivity index is 1.57. The van der Waals surface area contributed by atoms with Crippen molar-refractivity contribution in [1.29, 1.82) is 0 Å². The Bertz CT molecular complexity index is 2110. The predicted molar refractivity (Wildman–Crippen MR) is 202 cm³/mol. The molecule has 2 aromatic carbocycles. The molecule has 12 nitrogen and oxygen atoms in total. The topological polar surface area (TPSA) is 192 Å². The summed E-state index contributed by atoms with van der Waals surface area (Å²) in [6, 6.07) is 8.97. The van der Waals surface area contributed by atoms with Crippen LogP contribution in [0.5, 0.6) is 0 Å². The molecule has 0 amide bonds. The quantitative estimate of drug-likeness (QED) is 0.0622. The molecule has 0 radical (unpaired) electrons. The summed E-state index contributed by atoms with van der Waals surface area (Å²) < 4.78 is 71.2. The fourth-order valence-electron chi connectivity index (χ4n) is 7.04. The van der Waals surface area contributed by atoms with Crippen molar-refractivity contribution in [2.24, 2.45) is 0 Å². The van der Waals surface area contributed by atoms with Crippen LogP contribution in [0.1, 0.15) is 90.2 Å². The average molecular weight is 769 g/mol. The highest BCUT2D eigenvalue weighted by Crippen LogP contribution is 2.48. The van der Waals surface area contributed by atoms with E-state index in [-0.39, 0.29) is 22.6 Å². The Morgan fingerprint density at radius 1 is 0.755 bits per heavy atom. The van der Waals surface area contributed by atoms with E-state index in [1.165, 1.54) is 24.3 Å². The van der Waals surface area contributed by atoms with Crippen LogP contribution in [0, 0.1) is 0 Å². The second kappa shape index (κ2) is 16.8. The summed E-state index contributed by atoms with van der Waals surface area (Å²) in [6.07, 6.45) is 17.3. The molecule has 4 rings (SSSR count). The molecule has 2 heterocycles. The molecule has 0 fully saturated rings. The van der Waals surface area contributed by atoms with Crippen molar-refractivity contribution in [3.05, 3.63) is 95.8 Å². The Hall–Kier alpha value is -4.37. The summed E-state index contributed by atoms with van der Waals surface area (Å²) in [4.78, 5) is 23.6. The fourth-order valence-corrected chi connectivity index (χ4v) is 8.04. The molecule has 3 N–H and O–H groups in total. The minimum atomic E-state index is -4.65. The van der Waals surface area contributed by atoms with Crippen LogP contribution >= 0.6 is 0 Å². The number of rotatable bonds is 18. The minimum absolute atomic E-state index is 0.0876. The van der Waals surface area contributed by atoms with Crippen LogP contribution < -0.4 is 4.90 Å². The molecule has 0 aromatic heterocycles. The lowest BCUT2D eigenvalue weighted by atomic mass is 9.81. The van der Waals surface area contributed by atoms with Gasteiger partial charge in [0.1, 0.15) is 16.7 Å². The lowest BCUT2D eigenvalue weighted by Gasteiger charge is -2.27. The highest BCUT2D eigenvalue weighted by Gasteiger charge is 2.44. The molecule has 0 saturated heterocycles. The largest absolute Gasteiger partial charge is 0.744 e. The first-order valence-electron chi connectivity index (χ1n) is 17.6. The number of hydrogen-bond acceptors (Lipinski definition) is 8. The summed E-state index contributed by atoms with van der Waals surface area (Å²) >= 11 is 0. The van der Waals surface area contributed by atoms with Crippen LogP contribution in [-0.2, 0) is 40.7 Å². The van der Waals surface area contributed by atoms with Crippen molar-refractivity contribution < 1.29 is 50.3 Å². The van der Waals surface area contributed by atoms with E-state index in [0.29, 0.717) is 50.8 Å². The minimum Gasteiger partial charge on any atom is -0.744 e. The van der Waals surface area contributed by atoms with Crippen molar-refractivity contribution >= 4 is 49.3 Å². The van der Waals surface area contributed by atoms with Crippen LogP contribution in [0.3, 0.4) is 0 Å². The first-order chi connectivity index (χ1) is 24.8. The Morgan fingerprint density at radius 3 is 1.96 bits per heavy atom. The van der Waals surface area contributed by atoms with Gasteiger partial charge in [-0.3, -0.25) is 14.1 Å². The first-order valence-corrected chi connectivity index (χ1v) is 20.4. The predicted octanol–water partition coefficient (Wildman–Crippen LogP) is 6.85. The first kappa shape index (κ1) is 41.4. The second-order valence-electron chi connectivity index (χ2n) is 14.3. The maximum atomic E-state index is 11.9. The Morgan fingerprint density at radius 2 is 1.34 bits per heavy atom. The molecule has 0 unspecified atom stereocenters. The van der Waals surface area contributed by atoms with Gasteiger partial charge in [-0.1, -0.05) is 50.6 Å². The highest BCUT2D eigenvalue weighted by molar-refractivity contribution is 7.86. The Labute approximate surface area is 312 Å². The van der Waals surface area contributed by atoms with Gasteiger partial charge in [-0.2, -0.15) is 13.0 Å². The summed E-state index contributed by atoms with van der Waals surface area (Å²) in [5, 5.41) is 18.0. The number of allylic oxidation sites excluding steroid dienone is 8. The third-order valence-corrected chi connectivity index (χ3v) is 11.5. The van der Waals surface area contributed by atoms with E-state index in [0.717, 1.165) is 34.8 Å². The van der Waals surface area contributed by atoms with E-state index in [2.05, 4.69) is 9.48 Å². The zero-order chi connectivity index (χ0) is 39.2. The van der Waals surface area contributed by atoms with Crippen molar-refractivity contribution in [1.82, 2.24) is 0 Å². The van der Waals surface area contributed by atoms with Gasteiger partial charge in [0.15, 0.2) is 5.71 Å². The zero-order valence-corrected chi connectivity index (χ0v) is 32.1. The van der Waals surface area contributed by atoms with Gasteiger partial charge < -0.3 is 19.7 Å². The van der Waals surface area contributed by atoms with Crippen LogP contribution in [0.2, 0.25) is 0 Å². The molecular weight excluding hydrogens is 721 g/mol. The zero-order valence-electron chi connectivity index (χ0n) is 30.5. The molecule has 0 spiro atoms. The Kier molecular flexibility index (Phi) is 13.1. The van der Waals surface area contributed by atoms with E-state index in [4.69, 9.17) is 10.2 Å². The number of nitrogens with zero attached hydrogens (tertiary/aromatic N) is 2. The molecule has 2 aromatic rings. The van der Waals surface area contributed by atoms with Gasteiger partial charge in [-0.25, -0.2) is 8.42 Å². The second-order valence-corrected chi connectivity index (χ2v) is 17.1. The molecule has 0 aliphatic carbocycles. The number of anilines is 1. The van der Waals surface area contributed by atoms with Crippen molar-refractivity contribution in [2.75, 3.05) is 18.0 Å². The molecule has 2 aliphatic rings. The van der Waals surface area contributed by atoms with Crippen LogP contribution in [0.4, 0.5) is 11.4 Å². The number of unbranched alkanes of at least 4 members (excludes halogenated alkanes) is 4. The van der Waals surface area contributed by atoms with Crippen LogP contribution in [0.15, 0.2) is 94.4 Å². The van der Waals surface area contributed by atoms with Crippen LogP contribution in [0.25, 0.3) is 0 Å². The van der Waals surface area contributed by atoms with Gasteiger partial charge in [-0.15, -0.1) is 0 Å². The van der Waals surface area contributed by atoms with E-state index in [1.54, 1.807) is 12.1 Å². The number of carboxylic acid groups (broad SMARTS) is 2. The smallest absolute Gasteiger partial charge is 0.303 e. The third-order valence-electron chi connectivity index (χ3n) is 9.81. The van der Waals surface area contributed by atoms with E-state index in [1.807, 2.05) is 70.2 Å². The van der Waals surface area contributed by atoms with E-state index >= 15 is 0 Å². The van der Waals surface area contributed by atoms with Crippen molar-refractivity contribution in [3.63, 3.8) is 0 Å². The summed E-state index contributed by atoms with van der Waals surface area (Å²) in [5.41, 5.74) is 3.66. The average Bonchev–Trinajstić information content (AvgIpc) is 3.40. The lowest BCUT2D eigenvalue weighted by Crippen LogP contribution is -2.28.